The van der Waals surface area contributed by atoms with Gasteiger partial charge in [0.15, 0.2) is 5.65 Å². The van der Waals surface area contributed by atoms with Gasteiger partial charge in [-0.2, -0.15) is 13.2 Å². The summed E-state index contributed by atoms with van der Waals surface area (Å²) in [5.41, 5.74) is 1.18. The van der Waals surface area contributed by atoms with Gasteiger partial charge in [-0.05, 0) is 68.7 Å². The molecule has 1 aliphatic rings. The smallest absolute Gasteiger partial charge is 0.394 e. The number of aromatic nitrogens is 2. The maximum absolute atomic E-state index is 13.0. The minimum atomic E-state index is -4.40. The van der Waals surface area contributed by atoms with E-state index in [1.165, 1.54) is 23.5 Å². The van der Waals surface area contributed by atoms with Gasteiger partial charge in [0.25, 0.3) is 5.91 Å². The van der Waals surface area contributed by atoms with Crippen molar-refractivity contribution in [2.45, 2.75) is 37.9 Å². The number of carbonyl (C=O) groups excluding carboxylic acids is 1. The van der Waals surface area contributed by atoms with Crippen molar-refractivity contribution < 1.29 is 23.1 Å². The summed E-state index contributed by atoms with van der Waals surface area (Å²) < 4.78 is 41.7. The van der Waals surface area contributed by atoms with Crippen molar-refractivity contribution in [2.24, 2.45) is 0 Å². The number of nitrogens with one attached hydrogen (secondary N) is 1. The lowest BCUT2D eigenvalue weighted by molar-refractivity contribution is -0.137. The van der Waals surface area contributed by atoms with E-state index in [9.17, 15) is 23.1 Å². The summed E-state index contributed by atoms with van der Waals surface area (Å²) >= 11 is 1.47. The molecule has 2 aromatic carbocycles. The first kappa shape index (κ1) is 21.0. The molecular weight excluding hydrogens is 439 g/mol. The average molecular weight is 459 g/mol. The molecule has 0 aliphatic heterocycles. The molecule has 5 rings (SSSR count). The SMILES string of the molecule is Cc1nc2c(s1)c1cc(C(=O)NC3(CO)CCC3)ccc1n2-c1ccc(C(F)(F)F)cc1. The van der Waals surface area contributed by atoms with Crippen LogP contribution in [0.3, 0.4) is 0 Å². The predicted molar refractivity (Wildman–Crippen MR) is 117 cm³/mol. The fourth-order valence-electron chi connectivity index (χ4n) is 4.21. The molecule has 5 nitrogen and oxygen atoms in total. The normalized spacial score (nSPS) is 15.8. The van der Waals surface area contributed by atoms with Crippen molar-refractivity contribution >= 4 is 38.5 Å². The third-order valence-corrected chi connectivity index (χ3v) is 7.11. The maximum Gasteiger partial charge on any atom is 0.416 e. The van der Waals surface area contributed by atoms with Gasteiger partial charge in [-0.15, -0.1) is 11.3 Å². The number of aliphatic hydroxyl groups is 1. The Bertz CT molecular complexity index is 1330. The van der Waals surface area contributed by atoms with Gasteiger partial charge in [0.1, 0.15) is 0 Å². The highest BCUT2D eigenvalue weighted by Crippen LogP contribution is 2.37. The number of hydrogen-bond acceptors (Lipinski definition) is 4. The van der Waals surface area contributed by atoms with Crippen LogP contribution in [0.15, 0.2) is 42.5 Å². The van der Waals surface area contributed by atoms with Crippen molar-refractivity contribution in [1.29, 1.82) is 0 Å². The Balaban J connectivity index is 1.60. The van der Waals surface area contributed by atoms with Crippen LogP contribution in [0, 0.1) is 6.92 Å². The lowest BCUT2D eigenvalue weighted by atomic mass is 9.77. The third kappa shape index (κ3) is 3.36. The zero-order valence-electron chi connectivity index (χ0n) is 17.2. The number of alkyl halides is 3. The van der Waals surface area contributed by atoms with Crippen LogP contribution in [0.5, 0.6) is 0 Å². The van der Waals surface area contributed by atoms with Crippen molar-refractivity contribution in [3.8, 4) is 5.69 Å². The third-order valence-electron chi connectivity index (χ3n) is 6.12. The Hall–Kier alpha value is -2.91. The minimum absolute atomic E-state index is 0.0937. The van der Waals surface area contributed by atoms with Gasteiger partial charge in [-0.1, -0.05) is 0 Å². The summed E-state index contributed by atoms with van der Waals surface area (Å²) in [5.74, 6) is -0.252. The average Bonchev–Trinajstić information content (AvgIpc) is 3.24. The second kappa shape index (κ2) is 7.31. The van der Waals surface area contributed by atoms with E-state index in [4.69, 9.17) is 0 Å². The molecule has 0 bridgehead atoms. The molecule has 2 heterocycles. The second-order valence-electron chi connectivity index (χ2n) is 8.24. The van der Waals surface area contributed by atoms with Gasteiger partial charge in [-0.25, -0.2) is 4.98 Å². The van der Waals surface area contributed by atoms with Crippen LogP contribution in [0.1, 0.15) is 40.2 Å². The molecule has 0 saturated heterocycles. The van der Waals surface area contributed by atoms with E-state index in [1.807, 2.05) is 11.5 Å². The van der Waals surface area contributed by atoms with Crippen LogP contribution < -0.4 is 5.32 Å². The van der Waals surface area contributed by atoms with Crippen LogP contribution >= 0.6 is 11.3 Å². The molecule has 4 aromatic rings. The number of fused-ring (bicyclic) bond motifs is 3. The molecule has 9 heteroatoms. The van der Waals surface area contributed by atoms with Crippen molar-refractivity contribution in [1.82, 2.24) is 14.9 Å². The van der Waals surface area contributed by atoms with Crippen molar-refractivity contribution in [3.63, 3.8) is 0 Å². The van der Waals surface area contributed by atoms with Gasteiger partial charge in [-0.3, -0.25) is 9.36 Å². The molecule has 1 fully saturated rings. The van der Waals surface area contributed by atoms with E-state index >= 15 is 0 Å². The van der Waals surface area contributed by atoms with E-state index in [-0.39, 0.29) is 12.5 Å². The number of aliphatic hydroxyl groups excluding tert-OH is 1. The highest BCUT2D eigenvalue weighted by Gasteiger charge is 2.38. The minimum Gasteiger partial charge on any atom is -0.394 e. The van der Waals surface area contributed by atoms with E-state index < -0.39 is 17.3 Å². The number of rotatable bonds is 4. The second-order valence-corrected chi connectivity index (χ2v) is 9.45. The van der Waals surface area contributed by atoms with Gasteiger partial charge < -0.3 is 10.4 Å². The highest BCUT2D eigenvalue weighted by atomic mass is 32.1. The summed E-state index contributed by atoms with van der Waals surface area (Å²) in [5, 5.41) is 14.2. The summed E-state index contributed by atoms with van der Waals surface area (Å²) in [6.07, 6.45) is -1.94. The predicted octanol–water partition coefficient (Wildman–Crippen LogP) is 5.21. The summed E-state index contributed by atoms with van der Waals surface area (Å²) in [7, 11) is 0. The Morgan fingerprint density at radius 1 is 1.22 bits per heavy atom. The first-order chi connectivity index (χ1) is 15.2. The van der Waals surface area contributed by atoms with Gasteiger partial charge in [0, 0.05) is 16.6 Å². The van der Waals surface area contributed by atoms with E-state index in [1.54, 1.807) is 18.2 Å². The van der Waals surface area contributed by atoms with Crippen LogP contribution in [0.25, 0.3) is 26.9 Å². The molecule has 1 amide bonds. The molecule has 1 aliphatic carbocycles. The standard InChI is InChI=1S/C23H20F3N3O2S/c1-13-27-20-19(32-13)17-11-14(21(31)28-22(12-30)9-2-10-22)3-8-18(17)29(20)16-6-4-15(5-7-16)23(24,25)26/h3-8,11,30H,2,9-10,12H2,1H3,(H,28,31). The molecule has 166 valence electrons. The van der Waals surface area contributed by atoms with Crippen LogP contribution in [-0.2, 0) is 6.18 Å². The van der Waals surface area contributed by atoms with Crippen LogP contribution in [0.4, 0.5) is 13.2 Å². The van der Waals surface area contributed by atoms with Crippen LogP contribution in [-0.4, -0.2) is 32.7 Å². The van der Waals surface area contributed by atoms with E-state index in [2.05, 4.69) is 10.3 Å². The van der Waals surface area contributed by atoms with Crippen molar-refractivity contribution in [3.05, 3.63) is 58.6 Å². The fourth-order valence-corrected chi connectivity index (χ4v) is 5.14. The molecule has 2 aromatic heterocycles. The Kier molecular flexibility index (Phi) is 4.79. The monoisotopic (exact) mass is 459 g/mol. The number of halogens is 3. The number of hydrogen-bond donors (Lipinski definition) is 2. The number of benzene rings is 2. The van der Waals surface area contributed by atoms with E-state index in [0.717, 1.165) is 52.0 Å². The molecule has 32 heavy (non-hydrogen) atoms. The molecule has 0 radical (unpaired) electrons. The first-order valence-corrected chi connectivity index (χ1v) is 11.1. The number of amides is 1. The fraction of sp³-hybridized carbons (Fsp3) is 0.304. The first-order valence-electron chi connectivity index (χ1n) is 10.2. The van der Waals surface area contributed by atoms with Gasteiger partial charge in [0.2, 0.25) is 0 Å². The molecular formula is C23H20F3N3O2S. The molecule has 0 unspecified atom stereocenters. The number of thiazole rings is 1. The molecule has 1 saturated carbocycles. The van der Waals surface area contributed by atoms with Gasteiger partial charge >= 0.3 is 6.18 Å². The largest absolute Gasteiger partial charge is 0.416 e. The Morgan fingerprint density at radius 3 is 2.53 bits per heavy atom. The number of aryl methyl sites for hydroxylation is 1. The van der Waals surface area contributed by atoms with Crippen molar-refractivity contribution in [2.75, 3.05) is 6.61 Å². The molecule has 0 atom stereocenters. The lowest BCUT2D eigenvalue weighted by Crippen LogP contribution is -2.56. The Morgan fingerprint density at radius 2 is 1.94 bits per heavy atom. The highest BCUT2D eigenvalue weighted by molar-refractivity contribution is 7.19. The number of carbonyl (C=O) groups is 1. The maximum atomic E-state index is 13.0. The topological polar surface area (TPSA) is 67.2 Å². The quantitative estimate of drug-likeness (QED) is 0.440. The zero-order valence-corrected chi connectivity index (χ0v) is 18.0. The Labute approximate surface area is 185 Å². The lowest BCUT2D eigenvalue weighted by Gasteiger charge is -2.40. The van der Waals surface area contributed by atoms with Gasteiger partial charge in [0.05, 0.1) is 32.9 Å². The summed E-state index contributed by atoms with van der Waals surface area (Å²) in [4.78, 5) is 17.5. The van der Waals surface area contributed by atoms with E-state index in [0.29, 0.717) is 16.9 Å². The molecule has 2 N–H and O–H groups in total. The van der Waals surface area contributed by atoms with Crippen LogP contribution in [0.2, 0.25) is 0 Å². The number of nitrogens with zero attached hydrogens (tertiary/aromatic N) is 2. The zero-order chi connectivity index (χ0) is 22.7. The summed E-state index contributed by atoms with van der Waals surface area (Å²) in [6, 6.07) is 10.2. The summed E-state index contributed by atoms with van der Waals surface area (Å²) in [6.45, 7) is 1.77. The molecule has 0 spiro atoms.